The minimum absolute atomic E-state index is 0.0133. The molecule has 1 amide bonds. The van der Waals surface area contributed by atoms with E-state index in [9.17, 15) is 4.79 Å². The van der Waals surface area contributed by atoms with E-state index in [1.165, 1.54) is 12.8 Å². The number of hydrogen-bond acceptors (Lipinski definition) is 3. The maximum absolute atomic E-state index is 11.7. The molecule has 1 unspecified atom stereocenters. The number of nitrogens with one attached hydrogen (secondary N) is 2. The van der Waals surface area contributed by atoms with Gasteiger partial charge in [0.25, 0.3) is 0 Å². The standard InChI is InChI=1S/C12H25N3O/c1-4-10(5-2)9-15-7-6-14-8-11(15)12(16)13-3/h10-11,14H,4-9H2,1-3H3,(H,13,16). The second-order valence-corrected chi connectivity index (χ2v) is 4.51. The number of rotatable bonds is 5. The number of nitrogens with zero attached hydrogens (tertiary/aromatic N) is 1. The minimum atomic E-state index is 0.0133. The molecule has 2 N–H and O–H groups in total. The van der Waals surface area contributed by atoms with Crippen molar-refractivity contribution in [2.75, 3.05) is 33.2 Å². The zero-order chi connectivity index (χ0) is 12.0. The molecule has 4 heteroatoms. The molecule has 4 nitrogen and oxygen atoms in total. The predicted octanol–water partition coefficient (Wildman–Crippen LogP) is 0.442. The summed E-state index contributed by atoms with van der Waals surface area (Å²) in [5, 5.41) is 6.04. The van der Waals surface area contributed by atoms with Gasteiger partial charge in [-0.2, -0.15) is 0 Å². The quantitative estimate of drug-likeness (QED) is 0.716. The van der Waals surface area contributed by atoms with Gasteiger partial charge in [0, 0.05) is 33.2 Å². The Balaban J connectivity index is 2.55. The van der Waals surface area contributed by atoms with Crippen LogP contribution >= 0.6 is 0 Å². The first-order chi connectivity index (χ1) is 7.72. The molecule has 1 fully saturated rings. The normalized spacial score (nSPS) is 22.4. The van der Waals surface area contributed by atoms with Crippen LogP contribution in [0.15, 0.2) is 0 Å². The highest BCUT2D eigenvalue weighted by atomic mass is 16.2. The molecule has 0 aromatic heterocycles. The molecule has 0 aromatic carbocycles. The zero-order valence-corrected chi connectivity index (χ0v) is 10.8. The first-order valence-corrected chi connectivity index (χ1v) is 6.39. The van der Waals surface area contributed by atoms with Crippen LogP contribution in [0.2, 0.25) is 0 Å². The fourth-order valence-corrected chi connectivity index (χ4v) is 2.27. The Morgan fingerprint density at radius 2 is 2.19 bits per heavy atom. The van der Waals surface area contributed by atoms with Crippen LogP contribution in [0.1, 0.15) is 26.7 Å². The van der Waals surface area contributed by atoms with Crippen molar-refractivity contribution in [1.82, 2.24) is 15.5 Å². The van der Waals surface area contributed by atoms with E-state index in [2.05, 4.69) is 29.4 Å². The zero-order valence-electron chi connectivity index (χ0n) is 10.8. The summed E-state index contributed by atoms with van der Waals surface area (Å²) in [6, 6.07) is 0.0133. The molecule has 1 heterocycles. The number of hydrogen-bond donors (Lipinski definition) is 2. The van der Waals surface area contributed by atoms with Crippen molar-refractivity contribution in [2.24, 2.45) is 5.92 Å². The summed E-state index contributed by atoms with van der Waals surface area (Å²) >= 11 is 0. The highest BCUT2D eigenvalue weighted by molar-refractivity contribution is 5.81. The highest BCUT2D eigenvalue weighted by Gasteiger charge is 2.28. The minimum Gasteiger partial charge on any atom is -0.358 e. The summed E-state index contributed by atoms with van der Waals surface area (Å²) in [6.45, 7) is 8.26. The van der Waals surface area contributed by atoms with Gasteiger partial charge in [0.1, 0.15) is 6.04 Å². The van der Waals surface area contributed by atoms with Crippen LogP contribution in [0, 0.1) is 5.92 Å². The Morgan fingerprint density at radius 1 is 1.50 bits per heavy atom. The van der Waals surface area contributed by atoms with Crippen LogP contribution in [-0.2, 0) is 4.79 Å². The van der Waals surface area contributed by atoms with Crippen molar-refractivity contribution < 1.29 is 4.79 Å². The maximum Gasteiger partial charge on any atom is 0.238 e. The lowest BCUT2D eigenvalue weighted by Crippen LogP contribution is -2.58. The van der Waals surface area contributed by atoms with Crippen molar-refractivity contribution in [3.8, 4) is 0 Å². The third-order valence-corrected chi connectivity index (χ3v) is 3.55. The molecule has 1 aliphatic heterocycles. The summed E-state index contributed by atoms with van der Waals surface area (Å²) in [5.74, 6) is 0.850. The summed E-state index contributed by atoms with van der Waals surface area (Å²) in [4.78, 5) is 14.1. The third-order valence-electron chi connectivity index (χ3n) is 3.55. The van der Waals surface area contributed by atoms with Gasteiger partial charge >= 0.3 is 0 Å². The fourth-order valence-electron chi connectivity index (χ4n) is 2.27. The van der Waals surface area contributed by atoms with Crippen molar-refractivity contribution in [3.63, 3.8) is 0 Å². The largest absolute Gasteiger partial charge is 0.358 e. The lowest BCUT2D eigenvalue weighted by atomic mass is 10.0. The Kier molecular flexibility index (Phi) is 5.77. The fraction of sp³-hybridized carbons (Fsp3) is 0.917. The number of carbonyl (C=O) groups is 1. The van der Waals surface area contributed by atoms with E-state index in [1.54, 1.807) is 7.05 Å². The van der Waals surface area contributed by atoms with Crippen LogP contribution in [0.3, 0.4) is 0 Å². The number of piperazine rings is 1. The molecule has 0 saturated carbocycles. The van der Waals surface area contributed by atoms with Crippen molar-refractivity contribution in [3.05, 3.63) is 0 Å². The predicted molar refractivity (Wildman–Crippen MR) is 66.4 cm³/mol. The lowest BCUT2D eigenvalue weighted by Gasteiger charge is -2.36. The molecule has 0 radical (unpaired) electrons. The average molecular weight is 227 g/mol. The number of amides is 1. The SMILES string of the molecule is CCC(CC)CN1CCNCC1C(=O)NC. The summed E-state index contributed by atoms with van der Waals surface area (Å²) in [7, 11) is 1.71. The molecular weight excluding hydrogens is 202 g/mol. The summed E-state index contributed by atoms with van der Waals surface area (Å²) in [5.41, 5.74) is 0. The van der Waals surface area contributed by atoms with E-state index in [0.29, 0.717) is 5.92 Å². The Morgan fingerprint density at radius 3 is 2.75 bits per heavy atom. The van der Waals surface area contributed by atoms with Crippen molar-refractivity contribution >= 4 is 5.91 Å². The van der Waals surface area contributed by atoms with E-state index in [1.807, 2.05) is 0 Å². The molecule has 1 aliphatic rings. The Labute approximate surface area is 98.8 Å². The molecule has 1 rings (SSSR count). The Bertz CT molecular complexity index is 216. The van der Waals surface area contributed by atoms with Gasteiger partial charge in [0.15, 0.2) is 0 Å². The van der Waals surface area contributed by atoms with Crippen molar-refractivity contribution in [1.29, 1.82) is 0 Å². The van der Waals surface area contributed by atoms with Crippen molar-refractivity contribution in [2.45, 2.75) is 32.7 Å². The van der Waals surface area contributed by atoms with Gasteiger partial charge in [0.05, 0.1) is 0 Å². The van der Waals surface area contributed by atoms with E-state index in [-0.39, 0.29) is 11.9 Å². The molecular formula is C12H25N3O. The van der Waals surface area contributed by atoms with Gasteiger partial charge in [0.2, 0.25) is 5.91 Å². The third kappa shape index (κ3) is 3.46. The second kappa shape index (κ2) is 6.86. The van der Waals surface area contributed by atoms with Crippen LogP contribution < -0.4 is 10.6 Å². The van der Waals surface area contributed by atoms with E-state index >= 15 is 0 Å². The molecule has 0 bridgehead atoms. The molecule has 0 aliphatic carbocycles. The van der Waals surface area contributed by atoms with E-state index in [0.717, 1.165) is 26.2 Å². The summed E-state index contributed by atoms with van der Waals surface area (Å²) < 4.78 is 0. The molecule has 1 atom stereocenters. The molecule has 1 saturated heterocycles. The van der Waals surface area contributed by atoms with Crippen LogP contribution in [0.25, 0.3) is 0 Å². The monoisotopic (exact) mass is 227 g/mol. The number of likely N-dealkylation sites (N-methyl/N-ethyl adjacent to an activating group) is 1. The molecule has 0 aromatic rings. The van der Waals surface area contributed by atoms with Crippen LogP contribution in [0.4, 0.5) is 0 Å². The van der Waals surface area contributed by atoms with Gasteiger partial charge in [-0.05, 0) is 5.92 Å². The van der Waals surface area contributed by atoms with Gasteiger partial charge in [-0.1, -0.05) is 26.7 Å². The van der Waals surface area contributed by atoms with Gasteiger partial charge in [-0.15, -0.1) is 0 Å². The average Bonchev–Trinajstić information content (AvgIpc) is 2.35. The van der Waals surface area contributed by atoms with E-state index < -0.39 is 0 Å². The van der Waals surface area contributed by atoms with Crippen LogP contribution in [0.5, 0.6) is 0 Å². The lowest BCUT2D eigenvalue weighted by molar-refractivity contribution is -0.126. The topological polar surface area (TPSA) is 44.4 Å². The molecule has 94 valence electrons. The second-order valence-electron chi connectivity index (χ2n) is 4.51. The smallest absolute Gasteiger partial charge is 0.238 e. The van der Waals surface area contributed by atoms with Gasteiger partial charge in [-0.3, -0.25) is 9.69 Å². The first kappa shape index (κ1) is 13.5. The Hall–Kier alpha value is -0.610. The van der Waals surface area contributed by atoms with Gasteiger partial charge < -0.3 is 10.6 Å². The molecule has 0 spiro atoms. The number of carbonyl (C=O) groups excluding carboxylic acids is 1. The maximum atomic E-state index is 11.7. The van der Waals surface area contributed by atoms with Crippen LogP contribution in [-0.4, -0.2) is 50.1 Å². The highest BCUT2D eigenvalue weighted by Crippen LogP contribution is 2.13. The first-order valence-electron chi connectivity index (χ1n) is 6.39. The van der Waals surface area contributed by atoms with E-state index in [4.69, 9.17) is 0 Å². The van der Waals surface area contributed by atoms with Gasteiger partial charge in [-0.25, -0.2) is 0 Å². The summed E-state index contributed by atoms with van der Waals surface area (Å²) in [6.07, 6.45) is 2.39. The molecule has 16 heavy (non-hydrogen) atoms.